The van der Waals surface area contributed by atoms with Gasteiger partial charge in [-0.1, -0.05) is 37.7 Å². The molecule has 0 unspecified atom stereocenters. The molecule has 6 nitrogen and oxygen atoms in total. The van der Waals surface area contributed by atoms with Crippen LogP contribution in [-0.2, 0) is 4.79 Å². The summed E-state index contributed by atoms with van der Waals surface area (Å²) in [5.74, 6) is 7.02. The summed E-state index contributed by atoms with van der Waals surface area (Å²) in [6, 6.07) is 7.97. The van der Waals surface area contributed by atoms with E-state index in [1.165, 1.54) is 22.0 Å². The Hall–Kier alpha value is -2.02. The van der Waals surface area contributed by atoms with Crippen LogP contribution < -0.4 is 11.2 Å². The Bertz CT molecular complexity index is 638. The zero-order valence-electron chi connectivity index (χ0n) is 13.0. The minimum Gasteiger partial charge on any atom is -0.336 e. The fourth-order valence-electron chi connectivity index (χ4n) is 1.91. The van der Waals surface area contributed by atoms with Gasteiger partial charge in [0.1, 0.15) is 5.82 Å². The van der Waals surface area contributed by atoms with E-state index >= 15 is 0 Å². The number of aromatic nitrogens is 3. The second-order valence-electron chi connectivity index (χ2n) is 5.17. The number of hydrogen-bond acceptors (Lipinski definition) is 5. The topological polar surface area (TPSA) is 85.8 Å². The van der Waals surface area contributed by atoms with Gasteiger partial charge in [0.2, 0.25) is 11.1 Å². The standard InChI is InChI=1S/C15H21N5OS/c1-4-10(2)12-5-7-13(8-6-12)17-14(21)9-22-15-19-18-11(3)20(15)16/h5-8,10H,4,9,16H2,1-3H3,(H,17,21)/t10-/m0/s1. The number of nitrogens with zero attached hydrogens (tertiary/aromatic N) is 3. The molecule has 0 bridgehead atoms. The van der Waals surface area contributed by atoms with Gasteiger partial charge >= 0.3 is 0 Å². The van der Waals surface area contributed by atoms with Crippen LogP contribution in [0.15, 0.2) is 29.4 Å². The van der Waals surface area contributed by atoms with E-state index in [9.17, 15) is 4.79 Å². The minimum absolute atomic E-state index is 0.0954. The lowest BCUT2D eigenvalue weighted by Gasteiger charge is -2.10. The zero-order chi connectivity index (χ0) is 16.1. The van der Waals surface area contributed by atoms with Gasteiger partial charge in [-0.2, -0.15) is 0 Å². The van der Waals surface area contributed by atoms with Gasteiger partial charge < -0.3 is 11.2 Å². The van der Waals surface area contributed by atoms with Gasteiger partial charge in [0.05, 0.1) is 5.75 Å². The summed E-state index contributed by atoms with van der Waals surface area (Å²) in [7, 11) is 0. The van der Waals surface area contributed by atoms with E-state index in [0.29, 0.717) is 16.9 Å². The normalized spacial score (nSPS) is 12.1. The molecule has 0 fully saturated rings. The number of benzene rings is 1. The number of carbonyl (C=O) groups is 1. The van der Waals surface area contributed by atoms with Crippen LogP contribution in [0.5, 0.6) is 0 Å². The number of anilines is 1. The number of thioether (sulfide) groups is 1. The molecule has 0 spiro atoms. The molecular weight excluding hydrogens is 298 g/mol. The molecule has 1 aromatic carbocycles. The quantitative estimate of drug-likeness (QED) is 0.631. The third-order valence-corrected chi connectivity index (χ3v) is 4.49. The molecule has 0 saturated heterocycles. The van der Waals surface area contributed by atoms with Crippen molar-refractivity contribution in [2.24, 2.45) is 0 Å². The molecule has 1 atom stereocenters. The van der Waals surface area contributed by atoms with E-state index in [2.05, 4.69) is 41.5 Å². The smallest absolute Gasteiger partial charge is 0.234 e. The molecule has 118 valence electrons. The van der Waals surface area contributed by atoms with E-state index in [1.807, 2.05) is 12.1 Å². The van der Waals surface area contributed by atoms with Crippen molar-refractivity contribution in [2.75, 3.05) is 16.9 Å². The van der Waals surface area contributed by atoms with Crippen molar-refractivity contribution in [3.05, 3.63) is 35.7 Å². The van der Waals surface area contributed by atoms with Crippen LogP contribution in [0.3, 0.4) is 0 Å². The van der Waals surface area contributed by atoms with Crippen molar-refractivity contribution in [3.8, 4) is 0 Å². The zero-order valence-corrected chi connectivity index (χ0v) is 13.9. The second kappa shape index (κ2) is 7.31. The summed E-state index contributed by atoms with van der Waals surface area (Å²) >= 11 is 1.26. The predicted octanol–water partition coefficient (Wildman–Crippen LogP) is 2.54. The first-order valence-electron chi connectivity index (χ1n) is 7.21. The molecule has 0 aliphatic heterocycles. The van der Waals surface area contributed by atoms with E-state index in [0.717, 1.165) is 12.1 Å². The summed E-state index contributed by atoms with van der Waals surface area (Å²) in [5.41, 5.74) is 2.07. The Balaban J connectivity index is 1.88. The molecule has 0 aliphatic rings. The molecular formula is C15H21N5OS. The number of carbonyl (C=O) groups excluding carboxylic acids is 1. The number of hydrogen-bond donors (Lipinski definition) is 2. The maximum Gasteiger partial charge on any atom is 0.234 e. The molecule has 1 heterocycles. The third kappa shape index (κ3) is 4.00. The summed E-state index contributed by atoms with van der Waals surface area (Å²) in [5, 5.41) is 11.1. The Morgan fingerprint density at radius 3 is 2.59 bits per heavy atom. The number of nitrogen functional groups attached to an aromatic ring is 1. The Morgan fingerprint density at radius 1 is 1.36 bits per heavy atom. The van der Waals surface area contributed by atoms with Crippen molar-refractivity contribution in [1.82, 2.24) is 14.9 Å². The van der Waals surface area contributed by atoms with Crippen LogP contribution in [0.1, 0.15) is 37.6 Å². The lowest BCUT2D eigenvalue weighted by molar-refractivity contribution is -0.113. The highest BCUT2D eigenvalue weighted by Gasteiger charge is 2.10. The van der Waals surface area contributed by atoms with Crippen LogP contribution in [0.2, 0.25) is 0 Å². The van der Waals surface area contributed by atoms with Gasteiger partial charge in [0.15, 0.2) is 0 Å². The third-order valence-electron chi connectivity index (χ3n) is 3.54. The van der Waals surface area contributed by atoms with Gasteiger partial charge in [-0.15, -0.1) is 10.2 Å². The molecule has 2 rings (SSSR count). The molecule has 1 aromatic heterocycles. The highest BCUT2D eigenvalue weighted by molar-refractivity contribution is 7.99. The van der Waals surface area contributed by atoms with Crippen molar-refractivity contribution in [1.29, 1.82) is 0 Å². The van der Waals surface area contributed by atoms with Crippen LogP contribution in [0.25, 0.3) is 0 Å². The lowest BCUT2D eigenvalue weighted by atomic mass is 9.99. The molecule has 22 heavy (non-hydrogen) atoms. The first kappa shape index (κ1) is 16.4. The van der Waals surface area contributed by atoms with Crippen LogP contribution >= 0.6 is 11.8 Å². The first-order chi connectivity index (χ1) is 10.5. The molecule has 3 N–H and O–H groups in total. The van der Waals surface area contributed by atoms with Crippen LogP contribution in [-0.4, -0.2) is 26.5 Å². The highest BCUT2D eigenvalue weighted by Crippen LogP contribution is 2.21. The fraction of sp³-hybridized carbons (Fsp3) is 0.400. The summed E-state index contributed by atoms with van der Waals surface area (Å²) in [6.45, 7) is 6.11. The summed E-state index contributed by atoms with van der Waals surface area (Å²) in [6.07, 6.45) is 1.10. The maximum atomic E-state index is 11.9. The molecule has 0 saturated carbocycles. The molecule has 7 heteroatoms. The number of aryl methyl sites for hydroxylation is 1. The Kier molecular flexibility index (Phi) is 5.43. The monoisotopic (exact) mass is 319 g/mol. The lowest BCUT2D eigenvalue weighted by Crippen LogP contribution is -2.16. The van der Waals surface area contributed by atoms with E-state index in [4.69, 9.17) is 5.84 Å². The maximum absolute atomic E-state index is 11.9. The summed E-state index contributed by atoms with van der Waals surface area (Å²) < 4.78 is 1.37. The van der Waals surface area contributed by atoms with Gasteiger partial charge in [-0.25, -0.2) is 4.68 Å². The molecule has 0 radical (unpaired) electrons. The van der Waals surface area contributed by atoms with Gasteiger partial charge in [0.25, 0.3) is 0 Å². The van der Waals surface area contributed by atoms with Gasteiger partial charge in [0, 0.05) is 5.69 Å². The molecule has 1 amide bonds. The first-order valence-corrected chi connectivity index (χ1v) is 8.19. The molecule has 0 aliphatic carbocycles. The van der Waals surface area contributed by atoms with Crippen molar-refractivity contribution >= 4 is 23.4 Å². The predicted molar refractivity (Wildman–Crippen MR) is 89.4 cm³/mol. The average molecular weight is 319 g/mol. The largest absolute Gasteiger partial charge is 0.336 e. The van der Waals surface area contributed by atoms with Gasteiger partial charge in [-0.05, 0) is 37.0 Å². The van der Waals surface area contributed by atoms with Crippen molar-refractivity contribution in [3.63, 3.8) is 0 Å². The number of nitrogens with one attached hydrogen (secondary N) is 1. The van der Waals surface area contributed by atoms with Crippen molar-refractivity contribution < 1.29 is 4.79 Å². The summed E-state index contributed by atoms with van der Waals surface area (Å²) in [4.78, 5) is 11.9. The number of nitrogens with two attached hydrogens (primary N) is 1. The average Bonchev–Trinajstić information content (AvgIpc) is 2.84. The van der Waals surface area contributed by atoms with E-state index in [-0.39, 0.29) is 11.7 Å². The van der Waals surface area contributed by atoms with E-state index in [1.54, 1.807) is 6.92 Å². The van der Waals surface area contributed by atoms with Crippen molar-refractivity contribution in [2.45, 2.75) is 38.3 Å². The Morgan fingerprint density at radius 2 is 2.05 bits per heavy atom. The number of rotatable bonds is 6. The van der Waals surface area contributed by atoms with E-state index < -0.39 is 0 Å². The van der Waals surface area contributed by atoms with Crippen LogP contribution in [0.4, 0.5) is 5.69 Å². The Labute approximate surface area is 134 Å². The van der Waals surface area contributed by atoms with Crippen LogP contribution in [0, 0.1) is 6.92 Å². The highest BCUT2D eigenvalue weighted by atomic mass is 32.2. The number of amides is 1. The minimum atomic E-state index is -0.0954. The SMILES string of the molecule is CC[C@H](C)c1ccc(NC(=O)CSc2nnc(C)n2N)cc1. The molecule has 2 aromatic rings. The van der Waals surface area contributed by atoms with Gasteiger partial charge in [-0.3, -0.25) is 4.79 Å². The second-order valence-corrected chi connectivity index (χ2v) is 6.11. The fourth-order valence-corrected chi connectivity index (χ4v) is 2.61.